The van der Waals surface area contributed by atoms with E-state index in [-0.39, 0.29) is 5.41 Å². The summed E-state index contributed by atoms with van der Waals surface area (Å²) in [5.74, 6) is 3.58. The molecule has 0 radical (unpaired) electrons. The van der Waals surface area contributed by atoms with Gasteiger partial charge in [-0.3, -0.25) is 4.99 Å². The molecule has 0 unspecified atom stereocenters. The standard InChI is InChI=1S/C22H26ClN3S/c1-26(2)19-6-7-20-17(13-19)14-22(8-10-27-11-9-22)21(25-20)24-15-16-4-3-5-18(23)12-16/h3-7,12-13H,8-11,14-15H2,1-2H3,(H,24,25). The lowest BCUT2D eigenvalue weighted by Crippen LogP contribution is -2.44. The lowest BCUT2D eigenvalue weighted by atomic mass is 9.72. The number of nitrogens with one attached hydrogen (secondary N) is 1. The molecule has 1 saturated heterocycles. The summed E-state index contributed by atoms with van der Waals surface area (Å²) in [5.41, 5.74) is 5.17. The van der Waals surface area contributed by atoms with Crippen LogP contribution in [-0.4, -0.2) is 31.4 Å². The fourth-order valence-corrected chi connectivity index (χ4v) is 5.51. The Morgan fingerprint density at radius 3 is 2.70 bits per heavy atom. The zero-order valence-corrected chi connectivity index (χ0v) is 17.5. The second-order valence-electron chi connectivity index (χ2n) is 7.73. The number of hydrogen-bond donors (Lipinski definition) is 1. The van der Waals surface area contributed by atoms with E-state index in [9.17, 15) is 0 Å². The minimum Gasteiger partial charge on any atom is -0.378 e. The third kappa shape index (κ3) is 3.97. The van der Waals surface area contributed by atoms with Crippen LogP contribution < -0.4 is 10.2 Å². The first-order valence-corrected chi connectivity index (χ1v) is 11.0. The highest BCUT2D eigenvalue weighted by Crippen LogP contribution is 2.44. The Balaban J connectivity index is 1.67. The van der Waals surface area contributed by atoms with Crippen LogP contribution in [0.15, 0.2) is 47.5 Å². The predicted octanol–water partition coefficient (Wildman–Crippen LogP) is 5.49. The summed E-state index contributed by atoms with van der Waals surface area (Å²) in [5, 5.41) is 4.47. The van der Waals surface area contributed by atoms with Crippen LogP contribution in [0.25, 0.3) is 0 Å². The van der Waals surface area contributed by atoms with Crippen LogP contribution in [0.3, 0.4) is 0 Å². The van der Waals surface area contributed by atoms with E-state index in [1.165, 1.54) is 41.3 Å². The second kappa shape index (κ2) is 7.76. The van der Waals surface area contributed by atoms with Gasteiger partial charge in [-0.25, -0.2) is 0 Å². The third-order valence-corrected chi connectivity index (χ3v) is 6.87. The molecule has 4 rings (SSSR count). The Kier molecular flexibility index (Phi) is 5.38. The maximum Gasteiger partial charge on any atom is 0.108 e. The van der Waals surface area contributed by atoms with Crippen molar-refractivity contribution in [3.63, 3.8) is 0 Å². The van der Waals surface area contributed by atoms with Gasteiger partial charge >= 0.3 is 0 Å². The van der Waals surface area contributed by atoms with Crippen LogP contribution in [0.4, 0.5) is 11.4 Å². The molecule has 27 heavy (non-hydrogen) atoms. The smallest absolute Gasteiger partial charge is 0.108 e. The summed E-state index contributed by atoms with van der Waals surface area (Å²) in [6, 6.07) is 14.7. The molecule has 2 aliphatic heterocycles. The van der Waals surface area contributed by atoms with Crippen molar-refractivity contribution < 1.29 is 0 Å². The minimum absolute atomic E-state index is 0.141. The van der Waals surface area contributed by atoms with Crippen molar-refractivity contribution >= 4 is 40.6 Å². The van der Waals surface area contributed by atoms with Crippen molar-refractivity contribution in [2.75, 3.05) is 35.8 Å². The fraction of sp³-hybridized carbons (Fsp3) is 0.409. The van der Waals surface area contributed by atoms with Crippen LogP contribution in [-0.2, 0) is 13.0 Å². The molecular weight excluding hydrogens is 374 g/mol. The number of benzene rings is 2. The van der Waals surface area contributed by atoms with Crippen molar-refractivity contribution in [3.8, 4) is 0 Å². The molecule has 142 valence electrons. The molecule has 0 amide bonds. The van der Waals surface area contributed by atoms with Crippen molar-refractivity contribution in [2.45, 2.75) is 25.8 Å². The summed E-state index contributed by atoms with van der Waals surface area (Å²) in [7, 11) is 4.20. The molecule has 1 fully saturated rings. The van der Waals surface area contributed by atoms with E-state index < -0.39 is 0 Å². The number of aliphatic imine (C=N–C) groups is 1. The molecule has 2 heterocycles. The highest BCUT2D eigenvalue weighted by molar-refractivity contribution is 7.99. The van der Waals surface area contributed by atoms with Crippen molar-refractivity contribution in [2.24, 2.45) is 10.4 Å². The van der Waals surface area contributed by atoms with Crippen molar-refractivity contribution in [3.05, 3.63) is 58.6 Å². The first kappa shape index (κ1) is 18.7. The molecule has 3 nitrogen and oxygen atoms in total. The molecule has 0 bridgehead atoms. The Labute approximate surface area is 171 Å². The molecule has 2 aliphatic rings. The minimum atomic E-state index is 0.141. The first-order valence-electron chi connectivity index (χ1n) is 9.50. The number of hydrogen-bond acceptors (Lipinski definition) is 3. The van der Waals surface area contributed by atoms with Gasteiger partial charge in [0, 0.05) is 35.9 Å². The van der Waals surface area contributed by atoms with Crippen LogP contribution in [0, 0.1) is 5.41 Å². The Bertz CT molecular complexity index is 856. The van der Waals surface area contributed by atoms with Crippen molar-refractivity contribution in [1.82, 2.24) is 0 Å². The number of nitrogens with zero attached hydrogens (tertiary/aromatic N) is 2. The molecule has 1 spiro atoms. The van der Waals surface area contributed by atoms with Gasteiger partial charge in [-0.2, -0.15) is 11.8 Å². The molecule has 0 aromatic heterocycles. The molecule has 5 heteroatoms. The Morgan fingerprint density at radius 1 is 1.15 bits per heavy atom. The maximum absolute atomic E-state index is 6.14. The Hall–Kier alpha value is -1.65. The summed E-state index contributed by atoms with van der Waals surface area (Å²) in [4.78, 5) is 7.23. The summed E-state index contributed by atoms with van der Waals surface area (Å²) < 4.78 is 0. The number of halogens is 1. The quantitative estimate of drug-likeness (QED) is 0.739. The normalized spacial score (nSPS) is 19.6. The van der Waals surface area contributed by atoms with E-state index in [1.54, 1.807) is 0 Å². The van der Waals surface area contributed by atoms with Gasteiger partial charge in [0.1, 0.15) is 5.84 Å². The third-order valence-electron chi connectivity index (χ3n) is 5.65. The highest BCUT2D eigenvalue weighted by atomic mass is 35.5. The van der Waals surface area contributed by atoms with E-state index in [0.717, 1.165) is 22.8 Å². The van der Waals surface area contributed by atoms with Gasteiger partial charge in [0.15, 0.2) is 0 Å². The molecule has 2 aromatic carbocycles. The number of amidine groups is 1. The van der Waals surface area contributed by atoms with E-state index in [4.69, 9.17) is 16.6 Å². The van der Waals surface area contributed by atoms with E-state index in [1.807, 2.05) is 18.2 Å². The van der Waals surface area contributed by atoms with E-state index >= 15 is 0 Å². The molecular formula is C22H26ClN3S. The number of thioether (sulfide) groups is 1. The van der Waals surface area contributed by atoms with Crippen LogP contribution in [0.2, 0.25) is 5.02 Å². The van der Waals surface area contributed by atoms with Gasteiger partial charge in [0.05, 0.1) is 6.54 Å². The SMILES string of the molecule is CN(C)c1ccc2c(c1)CC1(CCSCC1)C(=NCc1cccc(Cl)c1)N2. The van der Waals surface area contributed by atoms with E-state index in [2.05, 4.69) is 60.3 Å². The molecule has 1 N–H and O–H groups in total. The van der Waals surface area contributed by atoms with Gasteiger partial charge in [-0.1, -0.05) is 23.7 Å². The topological polar surface area (TPSA) is 27.6 Å². The van der Waals surface area contributed by atoms with Gasteiger partial charge in [-0.05, 0) is 72.2 Å². The summed E-state index contributed by atoms with van der Waals surface area (Å²) in [6.07, 6.45) is 3.45. The summed E-state index contributed by atoms with van der Waals surface area (Å²) >= 11 is 8.21. The van der Waals surface area contributed by atoms with Crippen LogP contribution >= 0.6 is 23.4 Å². The number of fused-ring (bicyclic) bond motifs is 1. The Morgan fingerprint density at radius 2 is 1.96 bits per heavy atom. The molecule has 2 aromatic rings. The number of anilines is 2. The maximum atomic E-state index is 6.14. The van der Waals surface area contributed by atoms with E-state index in [0.29, 0.717) is 6.54 Å². The van der Waals surface area contributed by atoms with Crippen molar-refractivity contribution in [1.29, 1.82) is 0 Å². The average Bonchev–Trinajstić information content (AvgIpc) is 2.66. The van der Waals surface area contributed by atoms with Gasteiger partial charge in [0.2, 0.25) is 0 Å². The lowest BCUT2D eigenvalue weighted by Gasteiger charge is -2.42. The van der Waals surface area contributed by atoms with Gasteiger partial charge < -0.3 is 10.2 Å². The highest BCUT2D eigenvalue weighted by Gasteiger charge is 2.41. The average molecular weight is 400 g/mol. The lowest BCUT2D eigenvalue weighted by molar-refractivity contribution is 0.377. The first-order chi connectivity index (χ1) is 13.1. The monoisotopic (exact) mass is 399 g/mol. The number of rotatable bonds is 3. The predicted molar refractivity (Wildman–Crippen MR) is 120 cm³/mol. The fourth-order valence-electron chi connectivity index (χ4n) is 4.02. The van der Waals surface area contributed by atoms with Gasteiger partial charge in [-0.15, -0.1) is 0 Å². The van der Waals surface area contributed by atoms with Gasteiger partial charge in [0.25, 0.3) is 0 Å². The van der Waals surface area contributed by atoms with Crippen LogP contribution in [0.5, 0.6) is 0 Å². The zero-order chi connectivity index (χ0) is 18.9. The van der Waals surface area contributed by atoms with Crippen LogP contribution in [0.1, 0.15) is 24.0 Å². The molecule has 0 atom stereocenters. The molecule has 0 aliphatic carbocycles. The second-order valence-corrected chi connectivity index (χ2v) is 9.39. The summed E-state index contributed by atoms with van der Waals surface area (Å²) in [6.45, 7) is 0.670. The largest absolute Gasteiger partial charge is 0.378 e. The zero-order valence-electron chi connectivity index (χ0n) is 16.0. The molecule has 0 saturated carbocycles.